The van der Waals surface area contributed by atoms with Crippen molar-refractivity contribution in [3.63, 3.8) is 0 Å². The number of nitrogens with zero attached hydrogens (tertiary/aromatic N) is 1. The maximum Gasteiger partial charge on any atom is 0.407 e. The third kappa shape index (κ3) is 6.88. The zero-order valence-corrected chi connectivity index (χ0v) is 24.2. The van der Waals surface area contributed by atoms with Gasteiger partial charge in [-0.2, -0.15) is 0 Å². The summed E-state index contributed by atoms with van der Waals surface area (Å²) in [6.07, 6.45) is 10.2. The zero-order valence-electron chi connectivity index (χ0n) is 24.2. The van der Waals surface area contributed by atoms with Gasteiger partial charge in [0.05, 0.1) is 31.6 Å². The van der Waals surface area contributed by atoms with E-state index in [0.717, 1.165) is 34.4 Å². The van der Waals surface area contributed by atoms with Crippen molar-refractivity contribution in [2.24, 2.45) is 0 Å². The number of H-pyrrole nitrogens is 1. The topological polar surface area (TPSA) is 105 Å². The van der Waals surface area contributed by atoms with Crippen LogP contribution in [0.3, 0.4) is 0 Å². The molecule has 0 saturated heterocycles. The first-order valence-electron chi connectivity index (χ1n) is 14.7. The van der Waals surface area contributed by atoms with Crippen molar-refractivity contribution in [2.45, 2.75) is 31.5 Å². The van der Waals surface area contributed by atoms with Gasteiger partial charge in [-0.15, -0.1) is 0 Å². The van der Waals surface area contributed by atoms with E-state index in [1.165, 1.54) is 11.1 Å². The van der Waals surface area contributed by atoms with Crippen molar-refractivity contribution < 1.29 is 19.1 Å². The van der Waals surface area contributed by atoms with Crippen LogP contribution in [0.5, 0.6) is 0 Å². The van der Waals surface area contributed by atoms with Crippen LogP contribution >= 0.6 is 0 Å². The minimum atomic E-state index is -0.970. The number of benzene rings is 3. The number of allylic oxidation sites excluding steroid dienone is 5. The van der Waals surface area contributed by atoms with E-state index in [4.69, 9.17) is 9.47 Å². The van der Waals surface area contributed by atoms with E-state index >= 15 is 0 Å². The number of hydrogen-bond donors (Lipinski definition) is 3. The van der Waals surface area contributed by atoms with E-state index in [9.17, 15) is 9.59 Å². The highest BCUT2D eigenvalue weighted by molar-refractivity contribution is 5.86. The lowest BCUT2D eigenvalue weighted by atomic mass is 9.96. The zero-order chi connectivity index (χ0) is 30.1. The highest BCUT2D eigenvalue weighted by Crippen LogP contribution is 2.45. The van der Waals surface area contributed by atoms with Crippen LogP contribution in [-0.2, 0) is 27.4 Å². The summed E-state index contributed by atoms with van der Waals surface area (Å²) in [5.74, 6) is 0.114. The van der Waals surface area contributed by atoms with E-state index in [1.54, 1.807) is 6.20 Å². The molecule has 0 saturated carbocycles. The monoisotopic (exact) mass is 586 g/mol. The Kier molecular flexibility index (Phi) is 9.09. The Labute approximate surface area is 256 Å². The number of aromatic amines is 1. The second kappa shape index (κ2) is 13.8. The quantitative estimate of drug-likeness (QED) is 0.198. The number of aromatic nitrogens is 2. The fourth-order valence-corrected chi connectivity index (χ4v) is 5.56. The number of amides is 2. The molecule has 0 spiro atoms. The van der Waals surface area contributed by atoms with E-state index in [2.05, 4.69) is 44.9 Å². The average molecular weight is 587 g/mol. The molecule has 0 fully saturated rings. The summed E-state index contributed by atoms with van der Waals surface area (Å²) >= 11 is 0. The van der Waals surface area contributed by atoms with E-state index in [0.29, 0.717) is 12.4 Å². The number of hydrogen-bond acceptors (Lipinski definition) is 5. The van der Waals surface area contributed by atoms with Gasteiger partial charge in [0, 0.05) is 5.92 Å². The van der Waals surface area contributed by atoms with Gasteiger partial charge in [0.15, 0.2) is 0 Å². The van der Waals surface area contributed by atoms with Gasteiger partial charge in [0.2, 0.25) is 5.91 Å². The van der Waals surface area contributed by atoms with Gasteiger partial charge in [-0.25, -0.2) is 9.78 Å². The fraction of sp³-hybridized carbons (Fsp3) is 0.194. The van der Waals surface area contributed by atoms with E-state index < -0.39 is 18.0 Å². The van der Waals surface area contributed by atoms with Crippen molar-refractivity contribution in [1.82, 2.24) is 20.6 Å². The molecule has 2 atom stereocenters. The molecule has 1 heterocycles. The molecule has 2 amide bonds. The highest BCUT2D eigenvalue weighted by Gasteiger charge is 2.31. The van der Waals surface area contributed by atoms with Crippen molar-refractivity contribution in [3.8, 4) is 11.3 Å². The molecule has 4 aromatic rings. The summed E-state index contributed by atoms with van der Waals surface area (Å²) < 4.78 is 11.6. The minimum absolute atomic E-state index is 0.0286. The molecular weight excluding hydrogens is 552 g/mol. The first kappa shape index (κ1) is 28.9. The van der Waals surface area contributed by atoms with Gasteiger partial charge in [0.1, 0.15) is 18.5 Å². The molecule has 0 radical (unpaired) electrons. The Bertz CT molecular complexity index is 1690. The van der Waals surface area contributed by atoms with E-state index in [-0.39, 0.29) is 25.7 Å². The summed E-state index contributed by atoms with van der Waals surface area (Å²) in [5.41, 5.74) is 7.54. The Morgan fingerprint density at radius 3 is 2.57 bits per heavy atom. The molecule has 2 aliphatic carbocycles. The summed E-state index contributed by atoms with van der Waals surface area (Å²) in [6.45, 7) is 0.586. The molecule has 2 unspecified atom stereocenters. The molecule has 8 nitrogen and oxygen atoms in total. The van der Waals surface area contributed by atoms with Crippen LogP contribution in [-0.4, -0.2) is 41.2 Å². The number of carbonyl (C=O) groups excluding carboxylic acids is 2. The number of fused-ring (bicyclic) bond motifs is 2. The first-order chi connectivity index (χ1) is 21.7. The van der Waals surface area contributed by atoms with Crippen molar-refractivity contribution in [1.29, 1.82) is 0 Å². The predicted octanol–water partition coefficient (Wildman–Crippen LogP) is 6.07. The molecule has 44 heavy (non-hydrogen) atoms. The molecule has 1 aromatic heterocycles. The molecule has 6 rings (SSSR count). The highest BCUT2D eigenvalue weighted by atomic mass is 16.5. The SMILES string of the molecule is O=C(NC(COCc1ccccc1)C(=O)NCc1ncc(-c2ccccc2)[nH]1)OCC1C2=C(CC=CC=C2)c2ccccc21. The second-order valence-corrected chi connectivity index (χ2v) is 10.7. The summed E-state index contributed by atoms with van der Waals surface area (Å²) in [4.78, 5) is 34.0. The molecular formula is C36H34N4O4. The summed E-state index contributed by atoms with van der Waals surface area (Å²) in [6, 6.07) is 26.7. The van der Waals surface area contributed by atoms with Gasteiger partial charge < -0.3 is 25.1 Å². The predicted molar refractivity (Wildman–Crippen MR) is 169 cm³/mol. The number of ether oxygens (including phenoxy) is 2. The van der Waals surface area contributed by atoms with Crippen LogP contribution in [0.2, 0.25) is 0 Å². The lowest BCUT2D eigenvalue weighted by molar-refractivity contribution is -0.124. The molecule has 222 valence electrons. The molecule has 0 aliphatic heterocycles. The number of rotatable bonds is 11. The van der Waals surface area contributed by atoms with Gasteiger partial charge in [-0.05, 0) is 39.8 Å². The maximum atomic E-state index is 13.3. The second-order valence-electron chi connectivity index (χ2n) is 10.7. The molecule has 0 bridgehead atoms. The third-order valence-electron chi connectivity index (χ3n) is 7.76. The Morgan fingerprint density at radius 2 is 1.73 bits per heavy atom. The van der Waals surface area contributed by atoms with Gasteiger partial charge in [0.25, 0.3) is 0 Å². The van der Waals surface area contributed by atoms with Crippen molar-refractivity contribution in [2.75, 3.05) is 13.2 Å². The van der Waals surface area contributed by atoms with Crippen molar-refractivity contribution in [3.05, 3.63) is 144 Å². The van der Waals surface area contributed by atoms with Crippen LogP contribution in [0.4, 0.5) is 4.79 Å². The standard InChI is InChI=1S/C36H34N4O4/c41-35(38-21-34-37-20-32(39-34)26-14-6-2-7-15-26)33(24-43-22-25-12-4-1-5-13-25)40-36(42)44-23-31-29-17-9-3-8-16-27(29)28-18-10-11-19-30(28)31/h1-15,17-20,31,33H,16,21-24H2,(H,37,39)(H,38,41)(H,40,42). The van der Waals surface area contributed by atoms with Gasteiger partial charge >= 0.3 is 6.09 Å². The van der Waals surface area contributed by atoms with E-state index in [1.807, 2.05) is 84.9 Å². The minimum Gasteiger partial charge on any atom is -0.449 e. The summed E-state index contributed by atoms with van der Waals surface area (Å²) in [5, 5.41) is 5.59. The van der Waals surface area contributed by atoms with Crippen LogP contribution < -0.4 is 10.6 Å². The third-order valence-corrected chi connectivity index (χ3v) is 7.76. The first-order valence-corrected chi connectivity index (χ1v) is 14.7. The average Bonchev–Trinajstić information content (AvgIpc) is 3.57. The molecule has 2 aliphatic rings. The number of nitrogens with one attached hydrogen (secondary N) is 3. The molecule has 8 heteroatoms. The number of alkyl carbamates (subject to hydrolysis) is 1. The smallest absolute Gasteiger partial charge is 0.407 e. The lowest BCUT2D eigenvalue weighted by Crippen LogP contribution is -2.49. The number of imidazole rings is 1. The maximum absolute atomic E-state index is 13.3. The van der Waals surface area contributed by atoms with Crippen LogP contribution in [0, 0.1) is 0 Å². The van der Waals surface area contributed by atoms with Crippen LogP contribution in [0.15, 0.2) is 121 Å². The Balaban J connectivity index is 1.09. The normalized spacial score (nSPS) is 15.7. The summed E-state index contributed by atoms with van der Waals surface area (Å²) in [7, 11) is 0. The Morgan fingerprint density at radius 1 is 0.955 bits per heavy atom. The van der Waals surface area contributed by atoms with Gasteiger partial charge in [-0.3, -0.25) is 4.79 Å². The van der Waals surface area contributed by atoms with Crippen LogP contribution in [0.25, 0.3) is 16.8 Å². The lowest BCUT2D eigenvalue weighted by Gasteiger charge is -2.20. The van der Waals surface area contributed by atoms with Gasteiger partial charge in [-0.1, -0.05) is 109 Å². The number of carbonyl (C=O) groups is 2. The van der Waals surface area contributed by atoms with Crippen LogP contribution in [0.1, 0.15) is 34.9 Å². The Hall–Kier alpha value is -5.21. The fourth-order valence-electron chi connectivity index (χ4n) is 5.56. The molecule has 3 aromatic carbocycles. The molecule has 3 N–H and O–H groups in total. The largest absolute Gasteiger partial charge is 0.449 e. The van der Waals surface area contributed by atoms with Crippen molar-refractivity contribution >= 4 is 17.6 Å².